The fourth-order valence-electron chi connectivity index (χ4n) is 2.07. The Kier molecular flexibility index (Phi) is 5.92. The van der Waals surface area contributed by atoms with Crippen molar-refractivity contribution in [3.8, 4) is 12.1 Å². The number of nitriles is 2. The number of allylic oxidation sites excluding steroid dienone is 3. The summed E-state index contributed by atoms with van der Waals surface area (Å²) in [5.74, 6) is 2.20. The molecule has 0 bridgehead atoms. The molecule has 5 heteroatoms. The lowest BCUT2D eigenvalue weighted by Gasteiger charge is -2.31. The van der Waals surface area contributed by atoms with Crippen LogP contribution in [-0.2, 0) is 0 Å². The Hall–Kier alpha value is -1.69. The summed E-state index contributed by atoms with van der Waals surface area (Å²) in [6, 6.07) is 11.9. The van der Waals surface area contributed by atoms with E-state index in [0.717, 1.165) is 40.3 Å². The van der Waals surface area contributed by atoms with Gasteiger partial charge in [0.15, 0.2) is 0 Å². The Balaban J connectivity index is 2.37. The Morgan fingerprint density at radius 1 is 1.10 bits per heavy atom. The number of benzene rings is 1. The van der Waals surface area contributed by atoms with E-state index in [4.69, 9.17) is 10.5 Å². The highest BCUT2D eigenvalue weighted by Gasteiger charge is 2.14. The molecule has 1 aliphatic heterocycles. The number of halogens is 1. The Morgan fingerprint density at radius 2 is 1.71 bits per heavy atom. The lowest BCUT2D eigenvalue weighted by Crippen LogP contribution is -2.31. The molecule has 0 atom stereocenters. The summed E-state index contributed by atoms with van der Waals surface area (Å²) in [5, 5.41) is 17.7. The highest BCUT2D eigenvalue weighted by molar-refractivity contribution is 9.10. The van der Waals surface area contributed by atoms with Gasteiger partial charge in [-0.15, -0.1) is 0 Å². The first-order chi connectivity index (χ1) is 10.2. The molecule has 106 valence electrons. The third-order valence-corrected chi connectivity index (χ3v) is 4.61. The molecule has 21 heavy (non-hydrogen) atoms. The summed E-state index contributed by atoms with van der Waals surface area (Å²) in [6.45, 7) is 1.96. The van der Waals surface area contributed by atoms with Crippen molar-refractivity contribution in [2.24, 2.45) is 0 Å². The van der Waals surface area contributed by atoms with Crippen molar-refractivity contribution in [3.63, 3.8) is 0 Å². The topological polar surface area (TPSA) is 50.8 Å². The minimum absolute atomic E-state index is 0.121. The number of rotatable bonds is 3. The Bertz CT molecular complexity index is 613. The highest BCUT2D eigenvalue weighted by atomic mass is 79.9. The van der Waals surface area contributed by atoms with Crippen LogP contribution in [0.5, 0.6) is 0 Å². The van der Waals surface area contributed by atoms with Crippen LogP contribution in [0.3, 0.4) is 0 Å². The molecule has 3 nitrogen and oxygen atoms in total. The maximum Gasteiger partial charge on any atom is 0.129 e. The standard InChI is InChI=1S/C16H14BrN3S/c17-15-4-2-14(3-5-15)16(6-1-13(11-18)12-19)20-7-9-21-10-8-20/h1-6H,7-10H2/b16-6-. The molecule has 1 aromatic rings. The largest absolute Gasteiger partial charge is 0.369 e. The Morgan fingerprint density at radius 3 is 2.29 bits per heavy atom. The highest BCUT2D eigenvalue weighted by Crippen LogP contribution is 2.24. The molecular weight excluding hydrogens is 346 g/mol. The molecule has 0 unspecified atom stereocenters. The van der Waals surface area contributed by atoms with Crippen molar-refractivity contribution in [1.29, 1.82) is 10.5 Å². The quantitative estimate of drug-likeness (QED) is 0.608. The summed E-state index contributed by atoms with van der Waals surface area (Å²) < 4.78 is 1.03. The van der Waals surface area contributed by atoms with Gasteiger partial charge in [-0.05, 0) is 29.8 Å². The third kappa shape index (κ3) is 4.39. The summed E-state index contributed by atoms with van der Waals surface area (Å²) >= 11 is 5.39. The molecule has 1 aliphatic rings. The monoisotopic (exact) mass is 359 g/mol. The van der Waals surface area contributed by atoms with Crippen LogP contribution in [0.1, 0.15) is 5.56 Å². The van der Waals surface area contributed by atoms with Crippen LogP contribution in [0.15, 0.2) is 46.5 Å². The second-order valence-corrected chi connectivity index (χ2v) is 6.60. The molecule has 0 aromatic heterocycles. The first kappa shape index (κ1) is 15.7. The van der Waals surface area contributed by atoms with Gasteiger partial charge in [0.25, 0.3) is 0 Å². The fraction of sp³-hybridized carbons (Fsp3) is 0.250. The van der Waals surface area contributed by atoms with E-state index in [1.807, 2.05) is 54.2 Å². The molecule has 2 rings (SSSR count). The van der Waals surface area contributed by atoms with Gasteiger partial charge in [0, 0.05) is 34.8 Å². The van der Waals surface area contributed by atoms with Gasteiger partial charge in [-0.25, -0.2) is 0 Å². The molecule has 0 saturated carbocycles. The van der Waals surface area contributed by atoms with E-state index in [1.54, 1.807) is 6.08 Å². The van der Waals surface area contributed by atoms with E-state index in [1.165, 1.54) is 0 Å². The fourth-order valence-corrected chi connectivity index (χ4v) is 3.24. The maximum absolute atomic E-state index is 8.86. The molecule has 0 amide bonds. The van der Waals surface area contributed by atoms with Crippen LogP contribution >= 0.6 is 27.7 Å². The smallest absolute Gasteiger partial charge is 0.129 e. The summed E-state index contributed by atoms with van der Waals surface area (Å²) in [6.07, 6.45) is 3.47. The van der Waals surface area contributed by atoms with Gasteiger partial charge in [0.1, 0.15) is 17.7 Å². The summed E-state index contributed by atoms with van der Waals surface area (Å²) in [4.78, 5) is 2.31. The zero-order chi connectivity index (χ0) is 15.1. The van der Waals surface area contributed by atoms with Crippen LogP contribution in [0.4, 0.5) is 0 Å². The molecule has 0 aliphatic carbocycles. The molecule has 0 radical (unpaired) electrons. The normalized spacial score (nSPS) is 15.0. The zero-order valence-electron chi connectivity index (χ0n) is 11.4. The van der Waals surface area contributed by atoms with Gasteiger partial charge >= 0.3 is 0 Å². The van der Waals surface area contributed by atoms with Crippen LogP contribution < -0.4 is 0 Å². The zero-order valence-corrected chi connectivity index (χ0v) is 13.8. The molecule has 0 spiro atoms. The van der Waals surface area contributed by atoms with E-state index in [-0.39, 0.29) is 5.57 Å². The first-order valence-corrected chi connectivity index (χ1v) is 8.50. The van der Waals surface area contributed by atoms with E-state index in [2.05, 4.69) is 20.8 Å². The number of nitrogens with zero attached hydrogens (tertiary/aromatic N) is 3. The minimum Gasteiger partial charge on any atom is -0.369 e. The first-order valence-electron chi connectivity index (χ1n) is 6.55. The van der Waals surface area contributed by atoms with Gasteiger partial charge in [-0.1, -0.05) is 28.1 Å². The molecule has 1 fully saturated rings. The van der Waals surface area contributed by atoms with Crippen molar-refractivity contribution >= 4 is 33.4 Å². The minimum atomic E-state index is 0.121. The third-order valence-electron chi connectivity index (χ3n) is 3.14. The molecule has 1 saturated heterocycles. The van der Waals surface area contributed by atoms with Crippen molar-refractivity contribution in [2.45, 2.75) is 0 Å². The van der Waals surface area contributed by atoms with Crippen LogP contribution in [0.2, 0.25) is 0 Å². The van der Waals surface area contributed by atoms with Crippen LogP contribution in [0.25, 0.3) is 5.70 Å². The SMILES string of the molecule is N#CC(C#N)=C/C=C(/c1ccc(Br)cc1)N1CCSCC1. The maximum atomic E-state index is 8.86. The molecule has 1 heterocycles. The van der Waals surface area contributed by atoms with Crippen molar-refractivity contribution in [1.82, 2.24) is 4.90 Å². The lowest BCUT2D eigenvalue weighted by molar-refractivity contribution is 0.439. The molecule has 0 N–H and O–H groups in total. The van der Waals surface area contributed by atoms with Gasteiger partial charge in [0.05, 0.1) is 0 Å². The Labute approximate surface area is 137 Å². The van der Waals surface area contributed by atoms with Crippen LogP contribution in [-0.4, -0.2) is 29.5 Å². The van der Waals surface area contributed by atoms with Crippen molar-refractivity contribution in [3.05, 3.63) is 52.0 Å². The van der Waals surface area contributed by atoms with Gasteiger partial charge < -0.3 is 4.90 Å². The number of hydrogen-bond acceptors (Lipinski definition) is 4. The second-order valence-electron chi connectivity index (χ2n) is 4.46. The van der Waals surface area contributed by atoms with E-state index in [9.17, 15) is 0 Å². The van der Waals surface area contributed by atoms with E-state index in [0.29, 0.717) is 0 Å². The van der Waals surface area contributed by atoms with Gasteiger partial charge in [-0.3, -0.25) is 0 Å². The van der Waals surface area contributed by atoms with Crippen LogP contribution in [0, 0.1) is 22.7 Å². The summed E-state index contributed by atoms with van der Waals surface area (Å²) in [5.41, 5.74) is 2.28. The van der Waals surface area contributed by atoms with Crippen molar-refractivity contribution < 1.29 is 0 Å². The number of hydrogen-bond donors (Lipinski definition) is 0. The van der Waals surface area contributed by atoms with Gasteiger partial charge in [0.2, 0.25) is 0 Å². The predicted octanol–water partition coefficient (Wildman–Crippen LogP) is 3.81. The van der Waals surface area contributed by atoms with Gasteiger partial charge in [-0.2, -0.15) is 22.3 Å². The number of thioether (sulfide) groups is 1. The average Bonchev–Trinajstić information content (AvgIpc) is 2.54. The summed E-state index contributed by atoms with van der Waals surface area (Å²) in [7, 11) is 0. The lowest BCUT2D eigenvalue weighted by atomic mass is 10.1. The molecule has 1 aromatic carbocycles. The molecular formula is C16H14BrN3S. The second kappa shape index (κ2) is 7.93. The predicted molar refractivity (Wildman–Crippen MR) is 90.3 cm³/mol. The average molecular weight is 360 g/mol. The van der Waals surface area contributed by atoms with E-state index < -0.39 is 0 Å². The van der Waals surface area contributed by atoms with E-state index >= 15 is 0 Å². The van der Waals surface area contributed by atoms with Crippen molar-refractivity contribution in [2.75, 3.05) is 24.6 Å².